The third kappa shape index (κ3) is 2.60. The van der Waals surface area contributed by atoms with E-state index >= 15 is 0 Å². The maximum absolute atomic E-state index is 14.9. The molecule has 1 aliphatic rings. The molecule has 0 saturated carbocycles. The molecule has 1 fully saturated rings. The Balaban J connectivity index is 3.40. The van der Waals surface area contributed by atoms with Crippen molar-refractivity contribution in [1.29, 1.82) is 0 Å². The van der Waals surface area contributed by atoms with Crippen LogP contribution in [0.2, 0.25) is 0 Å². The fourth-order valence-electron chi connectivity index (χ4n) is 2.59. The van der Waals surface area contributed by atoms with Crippen molar-refractivity contribution >= 4 is 5.97 Å². The summed E-state index contributed by atoms with van der Waals surface area (Å²) in [7, 11) is 1.31. The minimum Gasteiger partial charge on any atom is -0.462 e. The molecule has 0 aromatic heterocycles. The fraction of sp³-hybridized carbons (Fsp3) is 0.786. The van der Waals surface area contributed by atoms with E-state index in [-0.39, 0.29) is 0 Å². The Morgan fingerprint density at radius 3 is 2.17 bits per heavy atom. The number of ether oxygens (including phenoxy) is 4. The molecule has 24 heavy (non-hydrogen) atoms. The summed E-state index contributed by atoms with van der Waals surface area (Å²) >= 11 is 0. The Kier molecular flexibility index (Phi) is 5.40. The van der Waals surface area contributed by atoms with Gasteiger partial charge in [-0.3, -0.25) is 0 Å². The van der Waals surface area contributed by atoms with Crippen LogP contribution in [0.1, 0.15) is 13.8 Å². The zero-order chi connectivity index (χ0) is 19.0. The molecule has 1 heterocycles. The first kappa shape index (κ1) is 20.8. The summed E-state index contributed by atoms with van der Waals surface area (Å²) in [5.41, 5.74) is -4.51. The molecule has 0 aromatic carbocycles. The monoisotopic (exact) mass is 362 g/mol. The standard InChI is InChI=1S/C14H19F5O5/c1-6-9(20)23-7-10(2)8-24-13(22-5,14(17,18)19)12(15,16)11(10,3)21-4/h6H,1,7-8H2,2-5H3. The Hall–Kier alpha value is -1.26. The average Bonchev–Trinajstić information content (AvgIpc) is 2.49. The van der Waals surface area contributed by atoms with E-state index < -0.39 is 48.1 Å². The van der Waals surface area contributed by atoms with E-state index in [0.717, 1.165) is 27.0 Å². The first-order valence-electron chi connectivity index (χ1n) is 6.76. The molecule has 0 bridgehead atoms. The van der Waals surface area contributed by atoms with Gasteiger partial charge in [0.25, 0.3) is 0 Å². The molecule has 140 valence electrons. The average molecular weight is 362 g/mol. The number of rotatable bonds is 5. The topological polar surface area (TPSA) is 54.0 Å². The molecule has 0 N–H and O–H groups in total. The molecule has 3 atom stereocenters. The number of hydrogen-bond donors (Lipinski definition) is 0. The highest BCUT2D eigenvalue weighted by Crippen LogP contribution is 2.60. The van der Waals surface area contributed by atoms with E-state index in [4.69, 9.17) is 9.47 Å². The number of hydrogen-bond acceptors (Lipinski definition) is 5. The predicted molar refractivity (Wildman–Crippen MR) is 71.4 cm³/mol. The Bertz CT molecular complexity index is 508. The lowest BCUT2D eigenvalue weighted by atomic mass is 9.67. The molecular formula is C14H19F5O5. The second-order valence-corrected chi connectivity index (χ2v) is 5.79. The number of carbonyl (C=O) groups is 1. The summed E-state index contributed by atoms with van der Waals surface area (Å²) in [5.74, 6) is -9.76. The van der Waals surface area contributed by atoms with Crippen LogP contribution in [0.4, 0.5) is 22.0 Å². The second kappa shape index (κ2) is 6.23. The zero-order valence-electron chi connectivity index (χ0n) is 13.6. The maximum Gasteiger partial charge on any atom is 0.450 e. The number of halogens is 5. The van der Waals surface area contributed by atoms with Crippen molar-refractivity contribution in [2.24, 2.45) is 5.41 Å². The van der Waals surface area contributed by atoms with Crippen LogP contribution in [0, 0.1) is 5.41 Å². The number of esters is 1. The third-order valence-corrected chi connectivity index (χ3v) is 4.53. The van der Waals surface area contributed by atoms with Gasteiger partial charge in [-0.2, -0.15) is 22.0 Å². The minimum atomic E-state index is -5.54. The highest BCUT2D eigenvalue weighted by Gasteiger charge is 2.84. The molecule has 5 nitrogen and oxygen atoms in total. The van der Waals surface area contributed by atoms with Crippen molar-refractivity contribution < 1.29 is 45.7 Å². The lowest BCUT2D eigenvalue weighted by Gasteiger charge is -2.58. The lowest BCUT2D eigenvalue weighted by molar-refractivity contribution is -0.495. The molecule has 0 amide bonds. The first-order valence-corrected chi connectivity index (χ1v) is 6.76. The molecule has 1 saturated heterocycles. The van der Waals surface area contributed by atoms with Crippen LogP contribution in [0.15, 0.2) is 12.7 Å². The normalized spacial score (nSPS) is 36.2. The Morgan fingerprint density at radius 2 is 1.79 bits per heavy atom. The molecule has 1 aliphatic heterocycles. The van der Waals surface area contributed by atoms with Crippen LogP contribution in [0.3, 0.4) is 0 Å². The maximum atomic E-state index is 14.9. The molecule has 0 aliphatic carbocycles. The summed E-state index contributed by atoms with van der Waals surface area (Å²) in [4.78, 5) is 11.2. The van der Waals surface area contributed by atoms with E-state index in [1.54, 1.807) is 0 Å². The van der Waals surface area contributed by atoms with Gasteiger partial charge < -0.3 is 18.9 Å². The van der Waals surface area contributed by atoms with Crippen molar-refractivity contribution in [3.63, 3.8) is 0 Å². The summed E-state index contributed by atoms with van der Waals surface area (Å²) in [6, 6.07) is 0. The third-order valence-electron chi connectivity index (χ3n) is 4.53. The van der Waals surface area contributed by atoms with Crippen LogP contribution in [0.25, 0.3) is 0 Å². The number of methoxy groups -OCH3 is 2. The summed E-state index contributed by atoms with van der Waals surface area (Å²) < 4.78 is 87.9. The van der Waals surface area contributed by atoms with Gasteiger partial charge in [-0.15, -0.1) is 0 Å². The van der Waals surface area contributed by atoms with Crippen LogP contribution in [0.5, 0.6) is 0 Å². The Labute approximate surface area is 135 Å². The van der Waals surface area contributed by atoms with Crippen molar-refractivity contribution in [2.45, 2.75) is 37.3 Å². The largest absolute Gasteiger partial charge is 0.462 e. The van der Waals surface area contributed by atoms with Crippen molar-refractivity contribution in [3.05, 3.63) is 12.7 Å². The highest BCUT2D eigenvalue weighted by molar-refractivity contribution is 5.81. The van der Waals surface area contributed by atoms with Crippen LogP contribution in [-0.2, 0) is 23.7 Å². The summed E-state index contributed by atoms with van der Waals surface area (Å²) in [5, 5.41) is 0. The van der Waals surface area contributed by atoms with Gasteiger partial charge in [0.15, 0.2) is 0 Å². The second-order valence-electron chi connectivity index (χ2n) is 5.79. The molecule has 1 rings (SSSR count). The van der Waals surface area contributed by atoms with Gasteiger partial charge in [0.1, 0.15) is 12.2 Å². The minimum absolute atomic E-state index is 0.470. The summed E-state index contributed by atoms with van der Waals surface area (Å²) in [6.45, 7) is 3.57. The molecule has 0 spiro atoms. The number of alkyl halides is 5. The van der Waals surface area contributed by atoms with E-state index in [9.17, 15) is 26.7 Å². The Morgan fingerprint density at radius 1 is 1.25 bits per heavy atom. The van der Waals surface area contributed by atoms with Crippen LogP contribution >= 0.6 is 0 Å². The van der Waals surface area contributed by atoms with E-state index in [1.807, 2.05) is 0 Å². The van der Waals surface area contributed by atoms with Crippen molar-refractivity contribution in [3.8, 4) is 0 Å². The highest BCUT2D eigenvalue weighted by atomic mass is 19.4. The van der Waals surface area contributed by atoms with E-state index in [0.29, 0.717) is 7.11 Å². The SMILES string of the molecule is C=CC(=O)OCC1(C)COC(OC)(C(F)(F)F)C(F)(F)C1(C)OC. The fourth-order valence-corrected chi connectivity index (χ4v) is 2.59. The summed E-state index contributed by atoms with van der Waals surface area (Å²) in [6.07, 6.45) is -4.74. The van der Waals surface area contributed by atoms with Gasteiger partial charge in [0, 0.05) is 20.3 Å². The van der Waals surface area contributed by atoms with E-state index in [2.05, 4.69) is 16.1 Å². The van der Waals surface area contributed by atoms with Gasteiger partial charge in [0.05, 0.1) is 12.0 Å². The van der Waals surface area contributed by atoms with Crippen LogP contribution < -0.4 is 0 Å². The van der Waals surface area contributed by atoms with Gasteiger partial charge >= 0.3 is 23.9 Å². The molecule has 10 heteroatoms. The smallest absolute Gasteiger partial charge is 0.450 e. The van der Waals surface area contributed by atoms with Crippen LogP contribution in [-0.4, -0.2) is 56.9 Å². The van der Waals surface area contributed by atoms with Crippen molar-refractivity contribution in [1.82, 2.24) is 0 Å². The molecule has 3 unspecified atom stereocenters. The molecule has 0 aromatic rings. The number of carbonyl (C=O) groups excluding carboxylic acids is 1. The predicted octanol–water partition coefficient (Wildman–Crippen LogP) is 2.70. The molecular weight excluding hydrogens is 343 g/mol. The van der Waals surface area contributed by atoms with Crippen molar-refractivity contribution in [2.75, 3.05) is 27.4 Å². The zero-order valence-corrected chi connectivity index (χ0v) is 13.6. The van der Waals surface area contributed by atoms with Gasteiger partial charge in [-0.1, -0.05) is 13.5 Å². The van der Waals surface area contributed by atoms with Gasteiger partial charge in [-0.05, 0) is 6.92 Å². The lowest BCUT2D eigenvalue weighted by Crippen LogP contribution is -2.79. The first-order chi connectivity index (χ1) is 10.8. The van der Waals surface area contributed by atoms with Gasteiger partial charge in [0.2, 0.25) is 0 Å². The van der Waals surface area contributed by atoms with Gasteiger partial charge in [-0.25, -0.2) is 4.79 Å². The molecule has 0 radical (unpaired) electrons. The van der Waals surface area contributed by atoms with E-state index in [1.165, 1.54) is 0 Å². The quantitative estimate of drug-likeness (QED) is 0.428.